The summed E-state index contributed by atoms with van der Waals surface area (Å²) in [6.45, 7) is 1.99. The van der Waals surface area contributed by atoms with Gasteiger partial charge in [0, 0.05) is 16.1 Å². The molecule has 3 nitrogen and oxygen atoms in total. The third-order valence-corrected chi connectivity index (χ3v) is 3.61. The summed E-state index contributed by atoms with van der Waals surface area (Å²) in [5.74, 6) is 0.303. The third-order valence-electron chi connectivity index (χ3n) is 2.73. The summed E-state index contributed by atoms with van der Waals surface area (Å²) < 4.78 is 0. The molecule has 0 fully saturated rings. The number of thioether (sulfide) groups is 1. The van der Waals surface area contributed by atoms with Gasteiger partial charge in [-0.3, -0.25) is 4.79 Å². The highest BCUT2D eigenvalue weighted by molar-refractivity contribution is 7.99. The van der Waals surface area contributed by atoms with Crippen LogP contribution in [0.5, 0.6) is 0 Å². The predicted octanol–water partition coefficient (Wildman–Crippen LogP) is 3.86. The standard InChI is InChI=1S/C16H14N2OS/c1-12-2-4-13(5-3-12)16(19)18-14-6-8-15(9-7-14)20-11-10-17/h2-9H,11H2,1H3,(H,18,19). The largest absolute Gasteiger partial charge is 0.322 e. The molecule has 100 valence electrons. The molecule has 2 aromatic rings. The third kappa shape index (κ3) is 3.87. The van der Waals surface area contributed by atoms with Gasteiger partial charge in [-0.1, -0.05) is 17.7 Å². The van der Waals surface area contributed by atoms with Crippen LogP contribution in [-0.4, -0.2) is 11.7 Å². The number of benzene rings is 2. The van der Waals surface area contributed by atoms with E-state index in [9.17, 15) is 4.79 Å². The van der Waals surface area contributed by atoms with Gasteiger partial charge in [-0.15, -0.1) is 11.8 Å². The van der Waals surface area contributed by atoms with E-state index in [1.165, 1.54) is 11.8 Å². The highest BCUT2D eigenvalue weighted by Gasteiger charge is 2.05. The quantitative estimate of drug-likeness (QED) is 0.866. The van der Waals surface area contributed by atoms with Crippen molar-refractivity contribution in [2.24, 2.45) is 0 Å². The van der Waals surface area contributed by atoms with Crippen molar-refractivity contribution in [2.75, 3.05) is 11.1 Å². The lowest BCUT2D eigenvalue weighted by atomic mass is 10.1. The molecule has 0 aliphatic heterocycles. The Labute approximate surface area is 122 Å². The van der Waals surface area contributed by atoms with Crippen LogP contribution >= 0.6 is 11.8 Å². The normalized spacial score (nSPS) is 9.80. The Balaban J connectivity index is 2.01. The van der Waals surface area contributed by atoms with Crippen molar-refractivity contribution in [3.63, 3.8) is 0 Å². The molecule has 0 atom stereocenters. The summed E-state index contributed by atoms with van der Waals surface area (Å²) in [6, 6.07) is 17.0. The lowest BCUT2D eigenvalue weighted by Gasteiger charge is -2.06. The fourth-order valence-electron chi connectivity index (χ4n) is 1.66. The minimum Gasteiger partial charge on any atom is -0.322 e. The van der Waals surface area contributed by atoms with E-state index in [1.54, 1.807) is 0 Å². The van der Waals surface area contributed by atoms with Gasteiger partial charge in [0.1, 0.15) is 0 Å². The van der Waals surface area contributed by atoms with Crippen molar-refractivity contribution < 1.29 is 4.79 Å². The second-order valence-electron chi connectivity index (χ2n) is 4.29. The fourth-order valence-corrected chi connectivity index (χ4v) is 2.22. The summed E-state index contributed by atoms with van der Waals surface area (Å²) in [5, 5.41) is 11.4. The first-order valence-electron chi connectivity index (χ1n) is 6.17. The summed E-state index contributed by atoms with van der Waals surface area (Å²) in [5.41, 5.74) is 2.51. The lowest BCUT2D eigenvalue weighted by Crippen LogP contribution is -2.11. The van der Waals surface area contributed by atoms with Gasteiger partial charge in [-0.05, 0) is 43.3 Å². The zero-order chi connectivity index (χ0) is 14.4. The summed E-state index contributed by atoms with van der Waals surface area (Å²) in [7, 11) is 0. The predicted molar refractivity (Wildman–Crippen MR) is 81.9 cm³/mol. The molecule has 2 aromatic carbocycles. The van der Waals surface area contributed by atoms with Crippen LogP contribution in [0.25, 0.3) is 0 Å². The number of nitriles is 1. The first-order valence-corrected chi connectivity index (χ1v) is 7.15. The minimum atomic E-state index is -0.123. The Morgan fingerprint density at radius 2 is 1.80 bits per heavy atom. The van der Waals surface area contributed by atoms with Crippen LogP contribution in [0, 0.1) is 18.3 Å². The molecular weight excluding hydrogens is 268 g/mol. The van der Waals surface area contributed by atoms with E-state index in [1.807, 2.05) is 55.5 Å². The number of carbonyl (C=O) groups excluding carboxylic acids is 1. The summed E-state index contributed by atoms with van der Waals surface area (Å²) >= 11 is 1.47. The Morgan fingerprint density at radius 1 is 1.15 bits per heavy atom. The van der Waals surface area contributed by atoms with Crippen LogP contribution in [0.15, 0.2) is 53.4 Å². The molecule has 4 heteroatoms. The molecular formula is C16H14N2OS. The van der Waals surface area contributed by atoms with E-state index < -0.39 is 0 Å². The average Bonchev–Trinajstić information content (AvgIpc) is 2.47. The zero-order valence-corrected chi connectivity index (χ0v) is 11.9. The molecule has 0 heterocycles. The van der Waals surface area contributed by atoms with Gasteiger partial charge < -0.3 is 5.32 Å². The van der Waals surface area contributed by atoms with E-state index in [0.717, 1.165) is 16.1 Å². The number of amides is 1. The van der Waals surface area contributed by atoms with Crippen molar-refractivity contribution in [1.29, 1.82) is 5.26 Å². The zero-order valence-electron chi connectivity index (χ0n) is 11.1. The molecule has 0 radical (unpaired) electrons. The fraction of sp³-hybridized carbons (Fsp3) is 0.125. The molecule has 2 rings (SSSR count). The van der Waals surface area contributed by atoms with Crippen LogP contribution in [-0.2, 0) is 0 Å². The van der Waals surface area contributed by atoms with Crippen molar-refractivity contribution in [2.45, 2.75) is 11.8 Å². The first-order chi connectivity index (χ1) is 9.69. The van der Waals surface area contributed by atoms with Crippen molar-refractivity contribution in [1.82, 2.24) is 0 Å². The topological polar surface area (TPSA) is 52.9 Å². The molecule has 0 spiro atoms. The molecule has 1 N–H and O–H groups in total. The Morgan fingerprint density at radius 3 is 2.40 bits per heavy atom. The molecule has 0 saturated carbocycles. The highest BCUT2D eigenvalue weighted by Crippen LogP contribution is 2.20. The van der Waals surface area contributed by atoms with Gasteiger partial charge in [0.25, 0.3) is 5.91 Å². The van der Waals surface area contributed by atoms with E-state index >= 15 is 0 Å². The number of carbonyl (C=O) groups is 1. The average molecular weight is 282 g/mol. The van der Waals surface area contributed by atoms with Crippen LogP contribution in [0.1, 0.15) is 15.9 Å². The molecule has 0 unspecified atom stereocenters. The second-order valence-corrected chi connectivity index (χ2v) is 5.34. The maximum Gasteiger partial charge on any atom is 0.255 e. The smallest absolute Gasteiger partial charge is 0.255 e. The number of nitrogens with one attached hydrogen (secondary N) is 1. The molecule has 0 aliphatic rings. The van der Waals surface area contributed by atoms with Crippen molar-refractivity contribution in [3.8, 4) is 6.07 Å². The molecule has 1 amide bonds. The van der Waals surface area contributed by atoms with E-state index in [0.29, 0.717) is 11.3 Å². The molecule has 0 bridgehead atoms. The van der Waals surface area contributed by atoms with Gasteiger partial charge in [0.05, 0.1) is 11.8 Å². The van der Waals surface area contributed by atoms with Crippen LogP contribution in [0.2, 0.25) is 0 Å². The van der Waals surface area contributed by atoms with Crippen LogP contribution in [0.4, 0.5) is 5.69 Å². The Kier molecular flexibility index (Phi) is 4.80. The second kappa shape index (κ2) is 6.78. The van der Waals surface area contributed by atoms with E-state index in [2.05, 4.69) is 11.4 Å². The number of rotatable bonds is 4. The monoisotopic (exact) mass is 282 g/mol. The van der Waals surface area contributed by atoms with Gasteiger partial charge >= 0.3 is 0 Å². The molecule has 0 saturated heterocycles. The van der Waals surface area contributed by atoms with Gasteiger partial charge in [0.15, 0.2) is 0 Å². The lowest BCUT2D eigenvalue weighted by molar-refractivity contribution is 0.102. The highest BCUT2D eigenvalue weighted by atomic mass is 32.2. The summed E-state index contributed by atoms with van der Waals surface area (Å²) in [6.07, 6.45) is 0. The number of hydrogen-bond acceptors (Lipinski definition) is 3. The van der Waals surface area contributed by atoms with E-state index in [-0.39, 0.29) is 5.91 Å². The minimum absolute atomic E-state index is 0.123. The summed E-state index contributed by atoms with van der Waals surface area (Å²) in [4.78, 5) is 13.0. The maximum atomic E-state index is 12.0. The van der Waals surface area contributed by atoms with Gasteiger partial charge in [0.2, 0.25) is 0 Å². The van der Waals surface area contributed by atoms with Gasteiger partial charge in [-0.2, -0.15) is 5.26 Å². The number of hydrogen-bond donors (Lipinski definition) is 1. The van der Waals surface area contributed by atoms with Crippen LogP contribution < -0.4 is 5.32 Å². The number of nitrogens with zero attached hydrogens (tertiary/aromatic N) is 1. The molecule has 0 aromatic heterocycles. The van der Waals surface area contributed by atoms with Crippen LogP contribution in [0.3, 0.4) is 0 Å². The first kappa shape index (κ1) is 14.2. The van der Waals surface area contributed by atoms with Gasteiger partial charge in [-0.25, -0.2) is 0 Å². The Bertz CT molecular complexity index is 627. The number of aryl methyl sites for hydroxylation is 1. The number of anilines is 1. The molecule has 20 heavy (non-hydrogen) atoms. The van der Waals surface area contributed by atoms with Crippen molar-refractivity contribution in [3.05, 3.63) is 59.7 Å². The molecule has 0 aliphatic carbocycles. The Hall–Kier alpha value is -2.25. The maximum absolute atomic E-state index is 12.0. The van der Waals surface area contributed by atoms with E-state index in [4.69, 9.17) is 5.26 Å². The SMILES string of the molecule is Cc1ccc(C(=O)Nc2ccc(SCC#N)cc2)cc1. The van der Waals surface area contributed by atoms with Crippen molar-refractivity contribution >= 4 is 23.4 Å².